The molecule has 1 aliphatic rings. The third-order valence-electron chi connectivity index (χ3n) is 3.02. The van der Waals surface area contributed by atoms with E-state index in [9.17, 15) is 9.18 Å². The summed E-state index contributed by atoms with van der Waals surface area (Å²) in [5, 5.41) is 11.5. The molecule has 0 fully saturated rings. The molecule has 0 atom stereocenters. The molecule has 0 radical (unpaired) electrons. The van der Waals surface area contributed by atoms with Crippen LogP contribution in [-0.2, 0) is 4.79 Å². The van der Waals surface area contributed by atoms with E-state index in [0.717, 1.165) is 25.1 Å². The third-order valence-corrected chi connectivity index (χ3v) is 3.02. The second-order valence-electron chi connectivity index (χ2n) is 4.38. The molecule has 4 nitrogen and oxygen atoms in total. The molecule has 1 amide bonds. The number of hydrogen-bond acceptors (Lipinski definition) is 3. The molecule has 0 aliphatic carbocycles. The summed E-state index contributed by atoms with van der Waals surface area (Å²) in [5.74, 6) is -0.447. The van der Waals surface area contributed by atoms with Crippen LogP contribution in [-0.4, -0.2) is 30.7 Å². The molecule has 5 heteroatoms. The number of halogens is 1. The van der Waals surface area contributed by atoms with Gasteiger partial charge in [-0.2, -0.15) is 0 Å². The van der Waals surface area contributed by atoms with E-state index in [1.165, 1.54) is 12.1 Å². The molecular weight excluding hydrogens is 235 g/mol. The van der Waals surface area contributed by atoms with Crippen molar-refractivity contribution >= 4 is 17.3 Å². The number of rotatable bonds is 4. The predicted octanol–water partition coefficient (Wildman–Crippen LogP) is 1.75. The number of amides is 1. The van der Waals surface area contributed by atoms with Crippen LogP contribution in [0.2, 0.25) is 0 Å². The lowest BCUT2D eigenvalue weighted by Gasteiger charge is -2.24. The van der Waals surface area contributed by atoms with Gasteiger partial charge in [-0.15, -0.1) is 0 Å². The molecule has 0 saturated heterocycles. The predicted molar refractivity (Wildman–Crippen MR) is 68.2 cm³/mol. The number of benzene rings is 1. The van der Waals surface area contributed by atoms with Gasteiger partial charge in [0, 0.05) is 26.1 Å². The van der Waals surface area contributed by atoms with Gasteiger partial charge in [0.2, 0.25) is 5.91 Å². The van der Waals surface area contributed by atoms with Crippen LogP contribution in [0.3, 0.4) is 0 Å². The van der Waals surface area contributed by atoms with Crippen molar-refractivity contribution in [3.63, 3.8) is 0 Å². The minimum Gasteiger partial charge on any atom is -0.396 e. The van der Waals surface area contributed by atoms with Gasteiger partial charge in [0.05, 0.1) is 11.4 Å². The van der Waals surface area contributed by atoms with Crippen molar-refractivity contribution in [2.24, 2.45) is 0 Å². The van der Waals surface area contributed by atoms with E-state index in [4.69, 9.17) is 5.11 Å². The maximum Gasteiger partial charge on any atom is 0.226 e. The second-order valence-corrected chi connectivity index (χ2v) is 4.38. The summed E-state index contributed by atoms with van der Waals surface area (Å²) in [5.41, 5.74) is 1.38. The zero-order valence-electron chi connectivity index (χ0n) is 10.2. The van der Waals surface area contributed by atoms with Crippen molar-refractivity contribution in [1.82, 2.24) is 0 Å². The van der Waals surface area contributed by atoms with E-state index in [1.807, 2.05) is 0 Å². The molecule has 98 valence electrons. The summed E-state index contributed by atoms with van der Waals surface area (Å²) in [6, 6.07) is 4.43. The summed E-state index contributed by atoms with van der Waals surface area (Å²) in [4.78, 5) is 13.6. The van der Waals surface area contributed by atoms with Crippen LogP contribution in [0.15, 0.2) is 18.2 Å². The standard InChI is InChI=1S/C13H17FN2O2/c14-10-3-4-12-11(9-10)15-13(18)5-7-16(12)6-1-2-8-17/h3-4,9,17H,1-2,5-8H2,(H,15,18). The lowest BCUT2D eigenvalue weighted by molar-refractivity contribution is -0.115. The molecular formula is C13H17FN2O2. The molecule has 0 bridgehead atoms. The number of fused-ring (bicyclic) bond motifs is 1. The Balaban J connectivity index is 2.19. The van der Waals surface area contributed by atoms with Crippen LogP contribution in [0.1, 0.15) is 19.3 Å². The zero-order chi connectivity index (χ0) is 13.0. The van der Waals surface area contributed by atoms with Gasteiger partial charge in [-0.25, -0.2) is 4.39 Å². The second kappa shape index (κ2) is 5.82. The first-order chi connectivity index (χ1) is 8.70. The summed E-state index contributed by atoms with van der Waals surface area (Å²) >= 11 is 0. The fraction of sp³-hybridized carbons (Fsp3) is 0.462. The summed E-state index contributed by atoms with van der Waals surface area (Å²) in [6.45, 7) is 1.55. The average molecular weight is 252 g/mol. The monoisotopic (exact) mass is 252 g/mol. The van der Waals surface area contributed by atoms with Crippen molar-refractivity contribution < 1.29 is 14.3 Å². The molecule has 1 aromatic rings. The van der Waals surface area contributed by atoms with E-state index in [-0.39, 0.29) is 18.3 Å². The van der Waals surface area contributed by atoms with Gasteiger partial charge in [0.15, 0.2) is 0 Å². The number of hydrogen-bond donors (Lipinski definition) is 2. The molecule has 1 heterocycles. The number of carbonyl (C=O) groups excluding carboxylic acids is 1. The Labute approximate surface area is 105 Å². The fourth-order valence-electron chi connectivity index (χ4n) is 2.10. The van der Waals surface area contributed by atoms with Gasteiger partial charge in [-0.05, 0) is 31.0 Å². The number of carbonyl (C=O) groups is 1. The van der Waals surface area contributed by atoms with E-state index in [1.54, 1.807) is 6.07 Å². The smallest absolute Gasteiger partial charge is 0.226 e. The molecule has 2 rings (SSSR count). The van der Waals surface area contributed by atoms with Gasteiger partial charge in [0.25, 0.3) is 0 Å². The topological polar surface area (TPSA) is 52.6 Å². The molecule has 0 saturated carbocycles. The number of unbranched alkanes of at least 4 members (excludes halogenated alkanes) is 1. The van der Waals surface area contributed by atoms with Gasteiger partial charge < -0.3 is 15.3 Å². The minimum absolute atomic E-state index is 0.0912. The van der Waals surface area contributed by atoms with Gasteiger partial charge in [0.1, 0.15) is 5.82 Å². The number of anilines is 2. The Morgan fingerprint density at radius 3 is 3.00 bits per heavy atom. The first-order valence-electron chi connectivity index (χ1n) is 6.16. The van der Waals surface area contributed by atoms with Crippen LogP contribution >= 0.6 is 0 Å². The van der Waals surface area contributed by atoms with Crippen LogP contribution in [0, 0.1) is 5.82 Å². The van der Waals surface area contributed by atoms with Crippen LogP contribution in [0.4, 0.5) is 15.8 Å². The summed E-state index contributed by atoms with van der Waals surface area (Å²) in [6.07, 6.45) is 1.98. The van der Waals surface area contributed by atoms with E-state index >= 15 is 0 Å². The Kier molecular flexibility index (Phi) is 4.15. The SMILES string of the molecule is O=C1CCN(CCCCO)c2ccc(F)cc2N1. The first kappa shape index (κ1) is 12.8. The molecule has 18 heavy (non-hydrogen) atoms. The van der Waals surface area contributed by atoms with Crippen LogP contribution < -0.4 is 10.2 Å². The van der Waals surface area contributed by atoms with E-state index in [2.05, 4.69) is 10.2 Å². The minimum atomic E-state index is -0.355. The molecule has 1 aliphatic heterocycles. The summed E-state index contributed by atoms with van der Waals surface area (Å²) < 4.78 is 13.2. The largest absolute Gasteiger partial charge is 0.396 e. The van der Waals surface area contributed by atoms with Crippen molar-refractivity contribution in [3.05, 3.63) is 24.0 Å². The third kappa shape index (κ3) is 2.98. The number of nitrogens with zero attached hydrogens (tertiary/aromatic N) is 1. The maximum atomic E-state index is 13.2. The lowest BCUT2D eigenvalue weighted by atomic mass is 10.2. The molecule has 0 unspecified atom stereocenters. The summed E-state index contributed by atoms with van der Waals surface area (Å²) in [7, 11) is 0. The Morgan fingerprint density at radius 1 is 1.39 bits per heavy atom. The zero-order valence-corrected chi connectivity index (χ0v) is 10.2. The van der Waals surface area contributed by atoms with Crippen molar-refractivity contribution in [3.8, 4) is 0 Å². The normalized spacial score (nSPS) is 15.0. The highest BCUT2D eigenvalue weighted by molar-refractivity contribution is 5.96. The Morgan fingerprint density at radius 2 is 2.22 bits per heavy atom. The van der Waals surface area contributed by atoms with Crippen molar-refractivity contribution in [2.45, 2.75) is 19.3 Å². The molecule has 0 spiro atoms. The first-order valence-corrected chi connectivity index (χ1v) is 6.16. The Bertz CT molecular complexity index is 437. The lowest BCUT2D eigenvalue weighted by Crippen LogP contribution is -2.25. The number of aliphatic hydroxyl groups is 1. The fourth-order valence-corrected chi connectivity index (χ4v) is 2.10. The van der Waals surface area contributed by atoms with Gasteiger partial charge >= 0.3 is 0 Å². The number of aliphatic hydroxyl groups excluding tert-OH is 1. The Hall–Kier alpha value is -1.62. The molecule has 0 aromatic heterocycles. The highest BCUT2D eigenvalue weighted by Crippen LogP contribution is 2.29. The quantitative estimate of drug-likeness (QED) is 0.803. The average Bonchev–Trinajstić information content (AvgIpc) is 2.48. The van der Waals surface area contributed by atoms with Crippen molar-refractivity contribution in [2.75, 3.05) is 29.9 Å². The van der Waals surface area contributed by atoms with Gasteiger partial charge in [-0.3, -0.25) is 4.79 Å². The van der Waals surface area contributed by atoms with Crippen LogP contribution in [0.25, 0.3) is 0 Å². The van der Waals surface area contributed by atoms with E-state index in [0.29, 0.717) is 18.7 Å². The van der Waals surface area contributed by atoms with Crippen molar-refractivity contribution in [1.29, 1.82) is 0 Å². The highest BCUT2D eigenvalue weighted by Gasteiger charge is 2.19. The highest BCUT2D eigenvalue weighted by atomic mass is 19.1. The number of nitrogens with one attached hydrogen (secondary N) is 1. The molecule has 1 aromatic carbocycles. The van der Waals surface area contributed by atoms with Gasteiger partial charge in [-0.1, -0.05) is 0 Å². The molecule has 2 N–H and O–H groups in total. The van der Waals surface area contributed by atoms with Crippen LogP contribution in [0.5, 0.6) is 0 Å². The maximum absolute atomic E-state index is 13.2. The van der Waals surface area contributed by atoms with E-state index < -0.39 is 0 Å².